The van der Waals surface area contributed by atoms with Gasteiger partial charge in [-0.25, -0.2) is 4.79 Å². The second-order valence-electron chi connectivity index (χ2n) is 4.19. The van der Waals surface area contributed by atoms with Crippen LogP contribution < -0.4 is 5.32 Å². The third-order valence-corrected chi connectivity index (χ3v) is 2.82. The smallest absolute Gasteiger partial charge is 0.338 e. The van der Waals surface area contributed by atoms with Crippen molar-refractivity contribution >= 4 is 11.7 Å². The Hall–Kier alpha value is -2.36. The van der Waals surface area contributed by atoms with E-state index in [2.05, 4.69) is 10.3 Å². The molecule has 1 aromatic carbocycles. The van der Waals surface area contributed by atoms with Gasteiger partial charge in [-0.15, -0.1) is 0 Å². The number of hydrogen-bond donors (Lipinski definition) is 1. The van der Waals surface area contributed by atoms with Gasteiger partial charge in [-0.2, -0.15) is 0 Å². The predicted octanol–water partition coefficient (Wildman–Crippen LogP) is 2.79. The van der Waals surface area contributed by atoms with Crippen LogP contribution in [0.5, 0.6) is 0 Å². The van der Waals surface area contributed by atoms with Crippen LogP contribution >= 0.6 is 0 Å². The van der Waals surface area contributed by atoms with Gasteiger partial charge in [-0.1, -0.05) is 18.2 Å². The average Bonchev–Trinajstić information content (AvgIpc) is 2.46. The number of rotatable bonds is 4. The maximum atomic E-state index is 11.6. The second kappa shape index (κ2) is 6.00. The Morgan fingerprint density at radius 3 is 2.74 bits per heavy atom. The molecule has 1 heterocycles. The van der Waals surface area contributed by atoms with E-state index in [4.69, 9.17) is 4.74 Å². The van der Waals surface area contributed by atoms with E-state index < -0.39 is 0 Å². The fourth-order valence-corrected chi connectivity index (χ4v) is 1.75. The Morgan fingerprint density at radius 2 is 2.05 bits per heavy atom. The van der Waals surface area contributed by atoms with Crippen molar-refractivity contribution in [3.8, 4) is 0 Å². The summed E-state index contributed by atoms with van der Waals surface area (Å²) in [5.41, 5.74) is 3.37. The maximum Gasteiger partial charge on any atom is 0.338 e. The number of pyridine rings is 1. The Kier molecular flexibility index (Phi) is 4.13. The van der Waals surface area contributed by atoms with Gasteiger partial charge in [0.2, 0.25) is 0 Å². The normalized spacial score (nSPS) is 10.0. The standard InChI is InChI=1S/C15H16N2O2/c1-11-7-8-13(10-16-11)17-9-12-5-3-4-6-14(12)15(18)19-2/h3-8,10,17H,9H2,1-2H3. The minimum Gasteiger partial charge on any atom is -0.465 e. The van der Waals surface area contributed by atoms with E-state index in [1.807, 2.05) is 37.3 Å². The number of aromatic nitrogens is 1. The molecular formula is C15H16N2O2. The third kappa shape index (κ3) is 3.31. The molecule has 0 aliphatic heterocycles. The Balaban J connectivity index is 2.11. The van der Waals surface area contributed by atoms with Crippen molar-refractivity contribution in [1.82, 2.24) is 4.98 Å². The van der Waals surface area contributed by atoms with E-state index in [0.717, 1.165) is 16.9 Å². The van der Waals surface area contributed by atoms with Crippen molar-refractivity contribution in [2.45, 2.75) is 13.5 Å². The van der Waals surface area contributed by atoms with Gasteiger partial charge in [0, 0.05) is 12.2 Å². The summed E-state index contributed by atoms with van der Waals surface area (Å²) in [5, 5.41) is 3.24. The highest BCUT2D eigenvalue weighted by molar-refractivity contribution is 5.91. The molecule has 0 bridgehead atoms. The predicted molar refractivity (Wildman–Crippen MR) is 74.1 cm³/mol. The van der Waals surface area contributed by atoms with Gasteiger partial charge < -0.3 is 10.1 Å². The summed E-state index contributed by atoms with van der Waals surface area (Å²) in [5.74, 6) is -0.320. The summed E-state index contributed by atoms with van der Waals surface area (Å²) in [4.78, 5) is 15.8. The quantitative estimate of drug-likeness (QED) is 0.855. The van der Waals surface area contributed by atoms with E-state index in [1.165, 1.54) is 7.11 Å². The van der Waals surface area contributed by atoms with Gasteiger partial charge in [-0.3, -0.25) is 4.98 Å². The lowest BCUT2D eigenvalue weighted by Gasteiger charge is -2.10. The van der Waals surface area contributed by atoms with Crippen LogP contribution in [0.15, 0.2) is 42.6 Å². The highest BCUT2D eigenvalue weighted by Gasteiger charge is 2.10. The first-order valence-corrected chi connectivity index (χ1v) is 6.03. The number of methoxy groups -OCH3 is 1. The summed E-state index contributed by atoms with van der Waals surface area (Å²) < 4.78 is 4.77. The molecule has 0 aliphatic carbocycles. The van der Waals surface area contributed by atoms with E-state index in [-0.39, 0.29) is 5.97 Å². The van der Waals surface area contributed by atoms with E-state index in [1.54, 1.807) is 12.3 Å². The molecule has 0 spiro atoms. The van der Waals surface area contributed by atoms with Crippen LogP contribution in [0.25, 0.3) is 0 Å². The van der Waals surface area contributed by atoms with Crippen molar-refractivity contribution < 1.29 is 9.53 Å². The molecule has 2 aromatic rings. The topological polar surface area (TPSA) is 51.2 Å². The summed E-state index contributed by atoms with van der Waals surface area (Å²) in [6, 6.07) is 11.3. The number of aryl methyl sites for hydroxylation is 1. The Bertz CT molecular complexity index is 565. The van der Waals surface area contributed by atoms with Crippen LogP contribution in [0.2, 0.25) is 0 Å². The number of carbonyl (C=O) groups excluding carboxylic acids is 1. The molecule has 0 fully saturated rings. The first-order valence-electron chi connectivity index (χ1n) is 6.03. The minimum absolute atomic E-state index is 0.320. The van der Waals surface area contributed by atoms with Crippen molar-refractivity contribution in [3.05, 3.63) is 59.4 Å². The van der Waals surface area contributed by atoms with Gasteiger partial charge in [0.1, 0.15) is 0 Å². The zero-order valence-corrected chi connectivity index (χ0v) is 11.0. The third-order valence-electron chi connectivity index (χ3n) is 2.82. The molecule has 0 atom stereocenters. The summed E-state index contributed by atoms with van der Waals surface area (Å²) in [6.45, 7) is 2.49. The van der Waals surface area contributed by atoms with E-state index in [9.17, 15) is 4.79 Å². The Morgan fingerprint density at radius 1 is 1.26 bits per heavy atom. The Labute approximate surface area is 112 Å². The molecule has 98 valence electrons. The molecule has 4 nitrogen and oxygen atoms in total. The number of nitrogens with one attached hydrogen (secondary N) is 1. The molecular weight excluding hydrogens is 240 g/mol. The van der Waals surface area contributed by atoms with Crippen LogP contribution in [0.3, 0.4) is 0 Å². The lowest BCUT2D eigenvalue weighted by molar-refractivity contribution is 0.0599. The molecule has 0 saturated heterocycles. The van der Waals surface area contributed by atoms with E-state index in [0.29, 0.717) is 12.1 Å². The number of nitrogens with zero attached hydrogens (tertiary/aromatic N) is 1. The summed E-state index contributed by atoms with van der Waals surface area (Å²) in [7, 11) is 1.39. The van der Waals surface area contributed by atoms with Crippen molar-refractivity contribution in [3.63, 3.8) is 0 Å². The van der Waals surface area contributed by atoms with Gasteiger partial charge in [0.25, 0.3) is 0 Å². The SMILES string of the molecule is COC(=O)c1ccccc1CNc1ccc(C)nc1. The molecule has 4 heteroatoms. The van der Waals surface area contributed by atoms with Crippen LogP contribution in [0.4, 0.5) is 5.69 Å². The zero-order chi connectivity index (χ0) is 13.7. The molecule has 1 N–H and O–H groups in total. The van der Waals surface area contributed by atoms with Crippen LogP contribution in [-0.4, -0.2) is 18.1 Å². The highest BCUT2D eigenvalue weighted by Crippen LogP contribution is 2.13. The fourth-order valence-electron chi connectivity index (χ4n) is 1.75. The molecule has 1 aromatic heterocycles. The summed E-state index contributed by atoms with van der Waals surface area (Å²) in [6.07, 6.45) is 1.77. The zero-order valence-electron chi connectivity index (χ0n) is 11.0. The minimum atomic E-state index is -0.320. The second-order valence-corrected chi connectivity index (χ2v) is 4.19. The fraction of sp³-hybridized carbons (Fsp3) is 0.200. The highest BCUT2D eigenvalue weighted by atomic mass is 16.5. The average molecular weight is 256 g/mol. The number of ether oxygens (including phenoxy) is 1. The maximum absolute atomic E-state index is 11.6. The summed E-state index contributed by atoms with van der Waals surface area (Å²) >= 11 is 0. The molecule has 0 saturated carbocycles. The first kappa shape index (κ1) is 13.1. The van der Waals surface area contributed by atoms with Gasteiger partial charge in [0.05, 0.1) is 24.6 Å². The molecule has 0 unspecified atom stereocenters. The lowest BCUT2D eigenvalue weighted by atomic mass is 10.1. The van der Waals surface area contributed by atoms with Gasteiger partial charge >= 0.3 is 5.97 Å². The van der Waals surface area contributed by atoms with Gasteiger partial charge in [-0.05, 0) is 30.7 Å². The van der Waals surface area contributed by atoms with Crippen molar-refractivity contribution in [1.29, 1.82) is 0 Å². The molecule has 2 rings (SSSR count). The van der Waals surface area contributed by atoms with E-state index >= 15 is 0 Å². The monoisotopic (exact) mass is 256 g/mol. The number of benzene rings is 1. The molecule has 0 amide bonds. The van der Waals surface area contributed by atoms with Gasteiger partial charge in [0.15, 0.2) is 0 Å². The molecule has 0 aliphatic rings. The van der Waals surface area contributed by atoms with Crippen molar-refractivity contribution in [2.24, 2.45) is 0 Å². The van der Waals surface area contributed by atoms with Crippen LogP contribution in [0, 0.1) is 6.92 Å². The first-order chi connectivity index (χ1) is 9.20. The largest absolute Gasteiger partial charge is 0.465 e. The molecule has 0 radical (unpaired) electrons. The number of anilines is 1. The number of hydrogen-bond acceptors (Lipinski definition) is 4. The van der Waals surface area contributed by atoms with Crippen LogP contribution in [-0.2, 0) is 11.3 Å². The van der Waals surface area contributed by atoms with Crippen LogP contribution in [0.1, 0.15) is 21.6 Å². The van der Waals surface area contributed by atoms with Crippen molar-refractivity contribution in [2.75, 3.05) is 12.4 Å². The number of esters is 1. The molecule has 19 heavy (non-hydrogen) atoms. The lowest BCUT2D eigenvalue weighted by Crippen LogP contribution is -2.09. The number of carbonyl (C=O) groups is 1.